The first-order chi connectivity index (χ1) is 13.4. The summed E-state index contributed by atoms with van der Waals surface area (Å²) in [6.45, 7) is 7.39. The number of benzene rings is 1. The summed E-state index contributed by atoms with van der Waals surface area (Å²) < 4.78 is 28.6. The fourth-order valence-corrected chi connectivity index (χ4v) is 5.93. The number of fused-ring (bicyclic) bond motifs is 1. The van der Waals surface area contributed by atoms with Crippen LogP contribution in [-0.4, -0.2) is 55.5 Å². The summed E-state index contributed by atoms with van der Waals surface area (Å²) in [5.74, 6) is 0.925. The van der Waals surface area contributed by atoms with Crippen molar-refractivity contribution in [1.29, 1.82) is 0 Å². The molecular formula is C19H23N5O2S2. The lowest BCUT2D eigenvalue weighted by Gasteiger charge is -2.31. The number of rotatable bonds is 4. The van der Waals surface area contributed by atoms with Gasteiger partial charge in [0.25, 0.3) is 0 Å². The lowest BCUT2D eigenvalue weighted by molar-refractivity contribution is 0.577. The van der Waals surface area contributed by atoms with Crippen molar-refractivity contribution >= 4 is 33.1 Å². The van der Waals surface area contributed by atoms with Gasteiger partial charge in [-0.2, -0.15) is 9.61 Å². The summed E-state index contributed by atoms with van der Waals surface area (Å²) in [7, 11) is -3.74. The van der Waals surface area contributed by atoms with Crippen LogP contribution >= 0.6 is 11.8 Å². The van der Waals surface area contributed by atoms with E-state index < -0.39 is 9.84 Å². The second-order valence-corrected chi connectivity index (χ2v) is 9.45. The van der Waals surface area contributed by atoms with Crippen LogP contribution in [0.15, 0.2) is 45.1 Å². The van der Waals surface area contributed by atoms with E-state index in [0.29, 0.717) is 10.7 Å². The van der Waals surface area contributed by atoms with Crippen LogP contribution in [0, 0.1) is 13.8 Å². The van der Waals surface area contributed by atoms with Gasteiger partial charge in [0.05, 0.1) is 4.90 Å². The standard InChI is InChI=1S/C19H23N5O2S2/c1-13-14(2)21-17-16(28(25,26)15-7-5-4-6-8-15)18(27-3)22-24(17)19(13)23-11-9-20-10-12-23/h4-8,20H,9-12H2,1-3H3. The molecule has 1 aliphatic heterocycles. The number of nitrogens with one attached hydrogen (secondary N) is 1. The summed E-state index contributed by atoms with van der Waals surface area (Å²) in [6.07, 6.45) is 1.84. The maximum atomic E-state index is 13.4. The van der Waals surface area contributed by atoms with Gasteiger partial charge in [0, 0.05) is 37.4 Å². The highest BCUT2D eigenvalue weighted by Gasteiger charge is 2.31. The first-order valence-electron chi connectivity index (χ1n) is 9.15. The van der Waals surface area contributed by atoms with Crippen molar-refractivity contribution in [3.8, 4) is 0 Å². The van der Waals surface area contributed by atoms with Crippen LogP contribution in [0.5, 0.6) is 0 Å². The number of anilines is 1. The second-order valence-electron chi connectivity index (χ2n) is 6.77. The highest BCUT2D eigenvalue weighted by Crippen LogP contribution is 2.35. The van der Waals surface area contributed by atoms with Gasteiger partial charge in [-0.1, -0.05) is 18.2 Å². The Kier molecular flexibility index (Phi) is 5.07. The van der Waals surface area contributed by atoms with Crippen molar-refractivity contribution in [2.75, 3.05) is 37.3 Å². The summed E-state index contributed by atoms with van der Waals surface area (Å²) in [5.41, 5.74) is 2.23. The largest absolute Gasteiger partial charge is 0.354 e. The smallest absolute Gasteiger partial charge is 0.213 e. The molecule has 3 aromatic rings. The Morgan fingerprint density at radius 1 is 1.11 bits per heavy atom. The van der Waals surface area contributed by atoms with Gasteiger partial charge in [0.2, 0.25) is 9.84 Å². The van der Waals surface area contributed by atoms with Crippen LogP contribution in [0.1, 0.15) is 11.3 Å². The van der Waals surface area contributed by atoms with Crippen molar-refractivity contribution in [1.82, 2.24) is 19.9 Å². The van der Waals surface area contributed by atoms with E-state index in [4.69, 9.17) is 0 Å². The van der Waals surface area contributed by atoms with Gasteiger partial charge >= 0.3 is 0 Å². The SMILES string of the molecule is CSc1nn2c(N3CCNCC3)c(C)c(C)nc2c1S(=O)(=O)c1ccccc1. The average molecular weight is 418 g/mol. The summed E-state index contributed by atoms with van der Waals surface area (Å²) >= 11 is 1.33. The minimum atomic E-state index is -3.74. The molecule has 0 radical (unpaired) electrons. The highest BCUT2D eigenvalue weighted by atomic mass is 32.2. The Morgan fingerprint density at radius 2 is 1.79 bits per heavy atom. The zero-order valence-corrected chi connectivity index (χ0v) is 17.8. The highest BCUT2D eigenvalue weighted by molar-refractivity contribution is 7.99. The summed E-state index contributed by atoms with van der Waals surface area (Å²) in [4.78, 5) is 7.35. The lowest BCUT2D eigenvalue weighted by atomic mass is 10.2. The predicted molar refractivity (Wildman–Crippen MR) is 111 cm³/mol. The molecule has 4 rings (SSSR count). The molecule has 1 saturated heterocycles. The van der Waals surface area contributed by atoms with Gasteiger partial charge < -0.3 is 10.2 Å². The van der Waals surface area contributed by atoms with Gasteiger partial charge in [-0.25, -0.2) is 13.4 Å². The average Bonchev–Trinajstić information content (AvgIpc) is 3.08. The van der Waals surface area contributed by atoms with Crippen LogP contribution < -0.4 is 10.2 Å². The zero-order chi connectivity index (χ0) is 19.9. The molecule has 0 atom stereocenters. The van der Waals surface area contributed by atoms with Crippen molar-refractivity contribution in [2.24, 2.45) is 0 Å². The molecule has 148 valence electrons. The number of sulfone groups is 1. The molecule has 1 fully saturated rings. The van der Waals surface area contributed by atoms with Gasteiger partial charge in [-0.05, 0) is 32.2 Å². The van der Waals surface area contributed by atoms with Crippen molar-refractivity contribution in [3.63, 3.8) is 0 Å². The minimum absolute atomic E-state index is 0.186. The topological polar surface area (TPSA) is 79.6 Å². The Balaban J connectivity index is 2.02. The molecule has 0 unspecified atom stereocenters. The fourth-order valence-electron chi connectivity index (χ4n) is 3.52. The van der Waals surface area contributed by atoms with E-state index in [2.05, 4.69) is 20.3 Å². The molecule has 1 aromatic carbocycles. The number of nitrogens with zero attached hydrogens (tertiary/aromatic N) is 4. The quantitative estimate of drug-likeness (QED) is 0.653. The van der Waals surface area contributed by atoms with Gasteiger partial charge in [-0.15, -0.1) is 11.8 Å². The number of hydrogen-bond acceptors (Lipinski definition) is 7. The maximum absolute atomic E-state index is 13.4. The summed E-state index contributed by atoms with van der Waals surface area (Å²) in [6, 6.07) is 8.49. The number of aromatic nitrogens is 3. The van der Waals surface area contributed by atoms with Crippen LogP contribution in [0.4, 0.5) is 5.82 Å². The zero-order valence-electron chi connectivity index (χ0n) is 16.1. The molecule has 2 aromatic heterocycles. The van der Waals surface area contributed by atoms with Crippen LogP contribution in [0.3, 0.4) is 0 Å². The second kappa shape index (κ2) is 7.38. The fraction of sp³-hybridized carbons (Fsp3) is 0.368. The third kappa shape index (κ3) is 3.07. The molecule has 3 heterocycles. The maximum Gasteiger partial charge on any atom is 0.213 e. The van der Waals surface area contributed by atoms with E-state index in [9.17, 15) is 8.42 Å². The number of piperazine rings is 1. The molecule has 1 aliphatic rings. The molecule has 7 nitrogen and oxygen atoms in total. The molecule has 0 amide bonds. The molecule has 0 bridgehead atoms. The van der Waals surface area contributed by atoms with Gasteiger partial charge in [0.1, 0.15) is 10.8 Å². The number of thioether (sulfide) groups is 1. The first-order valence-corrected chi connectivity index (χ1v) is 11.9. The van der Waals surface area contributed by atoms with Crippen molar-refractivity contribution in [3.05, 3.63) is 41.6 Å². The molecule has 0 spiro atoms. The van der Waals surface area contributed by atoms with E-state index in [0.717, 1.165) is 43.3 Å². The van der Waals surface area contributed by atoms with Crippen molar-refractivity contribution in [2.45, 2.75) is 28.7 Å². The molecular weight excluding hydrogens is 394 g/mol. The van der Waals surface area contributed by atoms with Gasteiger partial charge in [-0.3, -0.25) is 0 Å². The monoisotopic (exact) mass is 417 g/mol. The molecule has 0 saturated carbocycles. The van der Waals surface area contributed by atoms with E-state index >= 15 is 0 Å². The minimum Gasteiger partial charge on any atom is -0.354 e. The first kappa shape index (κ1) is 19.2. The van der Waals surface area contributed by atoms with E-state index in [1.807, 2.05) is 20.1 Å². The number of hydrogen-bond donors (Lipinski definition) is 1. The van der Waals surface area contributed by atoms with Crippen LogP contribution in [-0.2, 0) is 9.84 Å². The van der Waals surface area contributed by atoms with Crippen molar-refractivity contribution < 1.29 is 8.42 Å². The van der Waals surface area contributed by atoms with Gasteiger partial charge in [0.15, 0.2) is 10.5 Å². The normalized spacial score (nSPS) is 15.3. The lowest BCUT2D eigenvalue weighted by Crippen LogP contribution is -2.44. The Morgan fingerprint density at radius 3 is 2.43 bits per heavy atom. The van der Waals surface area contributed by atoms with E-state index in [1.165, 1.54) is 11.8 Å². The Bertz CT molecular complexity index is 1120. The number of aryl methyl sites for hydroxylation is 1. The Labute approximate surface area is 169 Å². The molecule has 28 heavy (non-hydrogen) atoms. The van der Waals surface area contributed by atoms with Crippen LogP contribution in [0.2, 0.25) is 0 Å². The molecule has 9 heteroatoms. The van der Waals surface area contributed by atoms with E-state index in [1.54, 1.807) is 34.8 Å². The molecule has 0 aliphatic carbocycles. The Hall–Kier alpha value is -2.10. The van der Waals surface area contributed by atoms with Crippen LogP contribution in [0.25, 0.3) is 5.65 Å². The third-order valence-electron chi connectivity index (χ3n) is 5.07. The third-order valence-corrected chi connectivity index (χ3v) is 7.68. The van der Waals surface area contributed by atoms with E-state index in [-0.39, 0.29) is 9.79 Å². The predicted octanol–water partition coefficient (Wildman–Crippen LogP) is 2.31. The summed E-state index contributed by atoms with van der Waals surface area (Å²) in [5, 5.41) is 8.50. The molecule has 1 N–H and O–H groups in total.